The number of anilines is 1. The predicted octanol–water partition coefficient (Wildman–Crippen LogP) is 1.16. The van der Waals surface area contributed by atoms with Crippen LogP contribution in [-0.2, 0) is 0 Å². The summed E-state index contributed by atoms with van der Waals surface area (Å²) in [4.78, 5) is 12.0. The van der Waals surface area contributed by atoms with E-state index in [-0.39, 0.29) is 5.43 Å². The summed E-state index contributed by atoms with van der Waals surface area (Å²) >= 11 is 0. The second-order valence-corrected chi connectivity index (χ2v) is 3.12. The van der Waals surface area contributed by atoms with E-state index in [1.165, 1.54) is 0 Å². The highest BCUT2D eigenvalue weighted by Crippen LogP contribution is 2.01. The fraction of sp³-hybridized carbons (Fsp3) is 0.273. The van der Waals surface area contributed by atoms with Crippen molar-refractivity contribution in [2.75, 3.05) is 11.9 Å². The topological polar surface area (TPSA) is 67.5 Å². The van der Waals surface area contributed by atoms with Gasteiger partial charge in [-0.15, -0.1) is 0 Å². The molecular formula is C11H15N3O. The summed E-state index contributed by atoms with van der Waals surface area (Å²) < 4.78 is 0. The van der Waals surface area contributed by atoms with E-state index in [1.54, 1.807) is 25.1 Å². The largest absolute Gasteiger partial charge is 0.382 e. The van der Waals surface area contributed by atoms with E-state index < -0.39 is 0 Å². The van der Waals surface area contributed by atoms with Gasteiger partial charge in [-0.1, -0.05) is 12.1 Å². The Bertz CT molecular complexity index is 426. The predicted molar refractivity (Wildman–Crippen MR) is 63.3 cm³/mol. The maximum absolute atomic E-state index is 12.0. The van der Waals surface area contributed by atoms with Crippen molar-refractivity contribution in [3.8, 4) is 0 Å². The number of rotatable bonds is 3. The molecule has 0 unspecified atom stereocenters. The molecule has 0 radical (unpaired) electrons. The summed E-state index contributed by atoms with van der Waals surface area (Å²) in [5.41, 5.74) is 1.56. The van der Waals surface area contributed by atoms with E-state index in [4.69, 9.17) is 5.84 Å². The van der Waals surface area contributed by atoms with Crippen LogP contribution in [0.5, 0.6) is 0 Å². The van der Waals surface area contributed by atoms with Crippen molar-refractivity contribution < 1.29 is 0 Å². The molecule has 1 aromatic carbocycles. The van der Waals surface area contributed by atoms with Crippen LogP contribution in [-0.4, -0.2) is 12.3 Å². The highest BCUT2D eigenvalue weighted by Gasteiger charge is 2.04. The van der Waals surface area contributed by atoms with Crippen molar-refractivity contribution >= 4 is 11.4 Å². The van der Waals surface area contributed by atoms with Gasteiger partial charge in [-0.3, -0.25) is 4.79 Å². The van der Waals surface area contributed by atoms with Gasteiger partial charge in [-0.25, -0.2) is 0 Å². The van der Waals surface area contributed by atoms with Crippen molar-refractivity contribution in [2.45, 2.75) is 13.8 Å². The SMILES string of the molecule is CCNc1ccccc(/C(C)=N/N)c1=O. The average Bonchev–Trinajstić information content (AvgIpc) is 2.42. The van der Waals surface area contributed by atoms with Gasteiger partial charge in [0.25, 0.3) is 0 Å². The second-order valence-electron chi connectivity index (χ2n) is 3.12. The Balaban J connectivity index is 3.37. The van der Waals surface area contributed by atoms with Gasteiger partial charge < -0.3 is 11.2 Å². The third-order valence-corrected chi connectivity index (χ3v) is 2.08. The molecule has 1 rings (SSSR count). The third-order valence-electron chi connectivity index (χ3n) is 2.08. The van der Waals surface area contributed by atoms with Crippen LogP contribution in [0, 0.1) is 0 Å². The zero-order valence-electron chi connectivity index (χ0n) is 8.95. The molecule has 4 heteroatoms. The summed E-state index contributed by atoms with van der Waals surface area (Å²) in [5.74, 6) is 5.17. The maximum Gasteiger partial charge on any atom is 0.210 e. The fourth-order valence-corrected chi connectivity index (χ4v) is 1.28. The number of hydrogen-bond acceptors (Lipinski definition) is 4. The van der Waals surface area contributed by atoms with Gasteiger partial charge in [-0.05, 0) is 26.0 Å². The Morgan fingerprint density at radius 1 is 1.47 bits per heavy atom. The first-order valence-electron chi connectivity index (χ1n) is 4.82. The third kappa shape index (κ3) is 2.56. The molecular weight excluding hydrogens is 190 g/mol. The van der Waals surface area contributed by atoms with E-state index in [0.29, 0.717) is 23.5 Å². The van der Waals surface area contributed by atoms with Crippen LogP contribution in [0.2, 0.25) is 0 Å². The first-order chi connectivity index (χ1) is 7.20. The first-order valence-corrected chi connectivity index (χ1v) is 4.82. The molecule has 0 fully saturated rings. The number of hydrogen-bond donors (Lipinski definition) is 2. The molecule has 0 amide bonds. The Kier molecular flexibility index (Phi) is 3.85. The Labute approximate surface area is 88.8 Å². The highest BCUT2D eigenvalue weighted by atomic mass is 16.1. The summed E-state index contributed by atoms with van der Waals surface area (Å²) in [6.45, 7) is 4.36. The van der Waals surface area contributed by atoms with Crippen LogP contribution in [0.3, 0.4) is 0 Å². The van der Waals surface area contributed by atoms with Crippen molar-refractivity contribution in [2.24, 2.45) is 10.9 Å². The lowest BCUT2D eigenvalue weighted by atomic mass is 10.2. The molecule has 0 spiro atoms. The molecule has 0 bridgehead atoms. The highest BCUT2D eigenvalue weighted by molar-refractivity contribution is 5.98. The smallest absolute Gasteiger partial charge is 0.210 e. The number of nitrogens with zero attached hydrogens (tertiary/aromatic N) is 1. The fourth-order valence-electron chi connectivity index (χ4n) is 1.28. The Morgan fingerprint density at radius 3 is 2.73 bits per heavy atom. The molecule has 0 saturated carbocycles. The molecule has 0 saturated heterocycles. The molecule has 3 N–H and O–H groups in total. The van der Waals surface area contributed by atoms with Crippen LogP contribution >= 0.6 is 0 Å². The molecule has 80 valence electrons. The van der Waals surface area contributed by atoms with Crippen molar-refractivity contribution in [1.29, 1.82) is 0 Å². The Hall–Kier alpha value is -1.84. The van der Waals surface area contributed by atoms with Gasteiger partial charge in [0.05, 0.1) is 11.4 Å². The van der Waals surface area contributed by atoms with E-state index in [0.717, 1.165) is 0 Å². The van der Waals surface area contributed by atoms with Gasteiger partial charge >= 0.3 is 0 Å². The zero-order valence-corrected chi connectivity index (χ0v) is 8.95. The van der Waals surface area contributed by atoms with E-state index in [9.17, 15) is 4.79 Å². The lowest BCUT2D eigenvalue weighted by molar-refractivity contribution is 1.20. The molecule has 0 heterocycles. The van der Waals surface area contributed by atoms with E-state index >= 15 is 0 Å². The first kappa shape index (κ1) is 11.2. The van der Waals surface area contributed by atoms with Crippen LogP contribution in [0.25, 0.3) is 0 Å². The molecule has 0 aromatic heterocycles. The molecule has 4 nitrogen and oxygen atoms in total. The van der Waals surface area contributed by atoms with Crippen molar-refractivity contribution in [1.82, 2.24) is 0 Å². The molecule has 0 aliphatic rings. The monoisotopic (exact) mass is 205 g/mol. The Morgan fingerprint density at radius 2 is 2.13 bits per heavy atom. The zero-order chi connectivity index (χ0) is 11.3. The minimum atomic E-state index is -0.0754. The van der Waals surface area contributed by atoms with Gasteiger partial charge in [0, 0.05) is 12.1 Å². The lowest BCUT2D eigenvalue weighted by Gasteiger charge is -1.99. The summed E-state index contributed by atoms with van der Waals surface area (Å²) in [6.07, 6.45) is 0. The standard InChI is InChI=1S/C11H15N3O/c1-3-13-10-7-5-4-6-9(11(10)15)8(2)14-12/h4-7H,3,12H2,1-2H3,(H,13,15)/b14-8+. The minimum Gasteiger partial charge on any atom is -0.382 e. The molecule has 0 aliphatic heterocycles. The minimum absolute atomic E-state index is 0.0754. The van der Waals surface area contributed by atoms with Gasteiger partial charge in [-0.2, -0.15) is 5.10 Å². The van der Waals surface area contributed by atoms with Crippen LogP contribution < -0.4 is 16.6 Å². The average molecular weight is 205 g/mol. The molecule has 0 atom stereocenters. The van der Waals surface area contributed by atoms with Gasteiger partial charge in [0.1, 0.15) is 0 Å². The summed E-state index contributed by atoms with van der Waals surface area (Å²) in [7, 11) is 0. The maximum atomic E-state index is 12.0. The van der Waals surface area contributed by atoms with Gasteiger partial charge in [0.2, 0.25) is 5.43 Å². The normalized spacial score (nSPS) is 11.2. The van der Waals surface area contributed by atoms with Crippen LogP contribution in [0.15, 0.2) is 34.2 Å². The van der Waals surface area contributed by atoms with Crippen molar-refractivity contribution in [3.05, 3.63) is 40.1 Å². The lowest BCUT2D eigenvalue weighted by Crippen LogP contribution is -2.16. The van der Waals surface area contributed by atoms with Crippen molar-refractivity contribution in [3.63, 3.8) is 0 Å². The summed E-state index contributed by atoms with van der Waals surface area (Å²) in [5, 5.41) is 6.54. The van der Waals surface area contributed by atoms with E-state index in [1.807, 2.05) is 13.0 Å². The van der Waals surface area contributed by atoms with Crippen LogP contribution in [0.1, 0.15) is 19.4 Å². The molecule has 1 aromatic rings. The molecule has 0 aliphatic carbocycles. The number of nitrogens with two attached hydrogens (primary N) is 1. The molecule has 15 heavy (non-hydrogen) atoms. The van der Waals surface area contributed by atoms with Gasteiger partial charge in [0.15, 0.2) is 0 Å². The number of hydrazone groups is 1. The van der Waals surface area contributed by atoms with Crippen LogP contribution in [0.4, 0.5) is 5.69 Å². The quantitative estimate of drug-likeness (QED) is 0.442. The van der Waals surface area contributed by atoms with E-state index in [2.05, 4.69) is 10.4 Å². The summed E-state index contributed by atoms with van der Waals surface area (Å²) in [6, 6.07) is 7.08. The second kappa shape index (κ2) is 5.14. The number of nitrogens with one attached hydrogen (secondary N) is 1.